The lowest BCUT2D eigenvalue weighted by molar-refractivity contribution is -0.134. The number of ketones is 1. The topological polar surface area (TPSA) is 43.4 Å². The van der Waals surface area contributed by atoms with Crippen molar-refractivity contribution in [2.24, 2.45) is 0 Å². The second-order valence-corrected chi connectivity index (χ2v) is 6.31. The molecule has 3 aromatic rings. The van der Waals surface area contributed by atoms with E-state index in [0.717, 1.165) is 4.88 Å². The van der Waals surface area contributed by atoms with Crippen LogP contribution in [0.2, 0.25) is 0 Å². The van der Waals surface area contributed by atoms with Gasteiger partial charge in [0.15, 0.2) is 5.78 Å². The lowest BCUT2D eigenvalue weighted by Gasteiger charge is -2.05. The Morgan fingerprint density at radius 2 is 1.54 bits per heavy atom. The van der Waals surface area contributed by atoms with E-state index in [9.17, 15) is 9.59 Å². The molecule has 0 aliphatic rings. The maximum Gasteiger partial charge on any atom is 0.311 e. The van der Waals surface area contributed by atoms with E-state index in [0.29, 0.717) is 29.7 Å². The monoisotopic (exact) mass is 336 g/mol. The number of esters is 1. The number of thiophene rings is 1. The van der Waals surface area contributed by atoms with E-state index in [-0.39, 0.29) is 11.8 Å². The average Bonchev–Trinajstić information content (AvgIpc) is 3.14. The Kier molecular flexibility index (Phi) is 5.18. The van der Waals surface area contributed by atoms with Gasteiger partial charge >= 0.3 is 5.97 Å². The number of benzene rings is 2. The van der Waals surface area contributed by atoms with Crippen molar-refractivity contribution in [3.8, 4) is 5.75 Å². The van der Waals surface area contributed by atoms with Crippen molar-refractivity contribution in [3.05, 3.63) is 88.1 Å². The Morgan fingerprint density at radius 1 is 0.833 bits per heavy atom. The lowest BCUT2D eigenvalue weighted by atomic mass is 10.0. The number of carbonyl (C=O) groups is 2. The molecule has 0 radical (unpaired) electrons. The van der Waals surface area contributed by atoms with Gasteiger partial charge < -0.3 is 4.74 Å². The molecular weight excluding hydrogens is 320 g/mol. The highest BCUT2D eigenvalue weighted by atomic mass is 32.1. The molecular formula is C20H16O3S. The number of hydrogen-bond acceptors (Lipinski definition) is 4. The first-order valence-electron chi connectivity index (χ1n) is 7.65. The normalized spacial score (nSPS) is 10.3. The molecule has 1 aromatic heterocycles. The first-order valence-corrected chi connectivity index (χ1v) is 8.53. The predicted octanol–water partition coefficient (Wildman–Crippen LogP) is 4.52. The molecule has 0 amide bonds. The van der Waals surface area contributed by atoms with Crippen LogP contribution in [0.5, 0.6) is 5.75 Å². The maximum absolute atomic E-state index is 12.3. The predicted molar refractivity (Wildman–Crippen MR) is 94.6 cm³/mol. The SMILES string of the molecule is O=C(CCc1cccs1)Oc1ccc(C(=O)c2ccccc2)cc1. The molecule has 1 heterocycles. The van der Waals surface area contributed by atoms with Crippen molar-refractivity contribution < 1.29 is 14.3 Å². The zero-order valence-corrected chi connectivity index (χ0v) is 13.8. The number of aryl methyl sites for hydroxylation is 1. The molecule has 0 N–H and O–H groups in total. The third-order valence-corrected chi connectivity index (χ3v) is 4.48. The van der Waals surface area contributed by atoms with Gasteiger partial charge in [-0.1, -0.05) is 36.4 Å². The highest BCUT2D eigenvalue weighted by molar-refractivity contribution is 7.09. The van der Waals surface area contributed by atoms with Gasteiger partial charge in [-0.15, -0.1) is 11.3 Å². The number of ether oxygens (including phenoxy) is 1. The minimum atomic E-state index is -0.273. The number of carbonyl (C=O) groups excluding carboxylic acids is 2. The largest absolute Gasteiger partial charge is 0.427 e. The third-order valence-electron chi connectivity index (χ3n) is 3.54. The van der Waals surface area contributed by atoms with Crippen LogP contribution in [0.4, 0.5) is 0 Å². The number of rotatable bonds is 6. The molecule has 2 aromatic carbocycles. The summed E-state index contributed by atoms with van der Waals surface area (Å²) in [6.45, 7) is 0. The summed E-state index contributed by atoms with van der Waals surface area (Å²) in [5.41, 5.74) is 1.21. The van der Waals surface area contributed by atoms with E-state index in [1.165, 1.54) is 0 Å². The van der Waals surface area contributed by atoms with Gasteiger partial charge in [0.25, 0.3) is 0 Å². The average molecular weight is 336 g/mol. The molecule has 0 bridgehead atoms. The van der Waals surface area contributed by atoms with Crippen LogP contribution in [-0.4, -0.2) is 11.8 Å². The Balaban J connectivity index is 1.58. The third kappa shape index (κ3) is 4.18. The fraction of sp³-hybridized carbons (Fsp3) is 0.100. The van der Waals surface area contributed by atoms with Gasteiger partial charge in [-0.05, 0) is 42.1 Å². The van der Waals surface area contributed by atoms with Crippen molar-refractivity contribution in [1.82, 2.24) is 0 Å². The van der Waals surface area contributed by atoms with Crippen molar-refractivity contribution in [2.45, 2.75) is 12.8 Å². The molecule has 0 saturated heterocycles. The van der Waals surface area contributed by atoms with Crippen LogP contribution in [-0.2, 0) is 11.2 Å². The zero-order valence-electron chi connectivity index (χ0n) is 13.0. The van der Waals surface area contributed by atoms with Crippen molar-refractivity contribution in [3.63, 3.8) is 0 Å². The Morgan fingerprint density at radius 3 is 2.21 bits per heavy atom. The smallest absolute Gasteiger partial charge is 0.311 e. The minimum absolute atomic E-state index is 0.0498. The summed E-state index contributed by atoms with van der Waals surface area (Å²) >= 11 is 1.63. The second-order valence-electron chi connectivity index (χ2n) is 5.27. The maximum atomic E-state index is 12.3. The minimum Gasteiger partial charge on any atom is -0.427 e. The van der Waals surface area contributed by atoms with Crippen molar-refractivity contribution >= 4 is 23.1 Å². The van der Waals surface area contributed by atoms with Crippen LogP contribution in [0, 0.1) is 0 Å². The van der Waals surface area contributed by atoms with Crippen molar-refractivity contribution in [1.29, 1.82) is 0 Å². The quantitative estimate of drug-likeness (QED) is 0.378. The van der Waals surface area contributed by atoms with Gasteiger partial charge in [0.2, 0.25) is 0 Å². The van der Waals surface area contributed by atoms with E-state index in [1.807, 2.05) is 35.7 Å². The molecule has 0 saturated carbocycles. The zero-order chi connectivity index (χ0) is 16.8. The van der Waals surface area contributed by atoms with Crippen LogP contribution < -0.4 is 4.74 Å². The Hall–Kier alpha value is -2.72. The van der Waals surface area contributed by atoms with Gasteiger partial charge in [0.1, 0.15) is 5.75 Å². The summed E-state index contributed by atoms with van der Waals surface area (Å²) in [5.74, 6) is 0.132. The van der Waals surface area contributed by atoms with Gasteiger partial charge in [-0.25, -0.2) is 0 Å². The molecule has 24 heavy (non-hydrogen) atoms. The van der Waals surface area contributed by atoms with Crippen LogP contribution >= 0.6 is 11.3 Å². The molecule has 120 valence electrons. The Labute approximate surface area is 144 Å². The van der Waals surface area contributed by atoms with E-state index >= 15 is 0 Å². The first-order chi connectivity index (χ1) is 11.7. The fourth-order valence-electron chi connectivity index (χ4n) is 2.29. The molecule has 3 rings (SSSR count). The fourth-order valence-corrected chi connectivity index (χ4v) is 3.00. The van der Waals surface area contributed by atoms with Gasteiger partial charge in [0, 0.05) is 16.0 Å². The first kappa shape index (κ1) is 16.1. The summed E-state index contributed by atoms with van der Waals surface area (Å²) in [4.78, 5) is 25.3. The lowest BCUT2D eigenvalue weighted by Crippen LogP contribution is -2.09. The molecule has 0 aliphatic carbocycles. The molecule has 0 atom stereocenters. The van der Waals surface area contributed by atoms with Crippen LogP contribution in [0.25, 0.3) is 0 Å². The number of hydrogen-bond donors (Lipinski definition) is 0. The second kappa shape index (κ2) is 7.70. The van der Waals surface area contributed by atoms with E-state index in [2.05, 4.69) is 0 Å². The van der Waals surface area contributed by atoms with E-state index in [1.54, 1.807) is 47.7 Å². The molecule has 0 unspecified atom stereocenters. The molecule has 0 aliphatic heterocycles. The van der Waals surface area contributed by atoms with Crippen LogP contribution in [0.15, 0.2) is 72.1 Å². The van der Waals surface area contributed by atoms with Crippen molar-refractivity contribution in [2.75, 3.05) is 0 Å². The van der Waals surface area contributed by atoms with E-state index in [4.69, 9.17) is 4.74 Å². The highest BCUT2D eigenvalue weighted by Crippen LogP contribution is 2.17. The molecule has 3 nitrogen and oxygen atoms in total. The molecule has 0 fully saturated rings. The summed E-state index contributed by atoms with van der Waals surface area (Å²) in [6.07, 6.45) is 1.02. The van der Waals surface area contributed by atoms with Gasteiger partial charge in [-0.2, -0.15) is 0 Å². The molecule has 4 heteroatoms. The standard InChI is InChI=1S/C20H16O3S/c21-19(13-12-18-7-4-14-24-18)23-17-10-8-16(9-11-17)20(22)15-5-2-1-3-6-15/h1-11,14H,12-13H2. The van der Waals surface area contributed by atoms with E-state index < -0.39 is 0 Å². The van der Waals surface area contributed by atoms with Crippen LogP contribution in [0.3, 0.4) is 0 Å². The summed E-state index contributed by atoms with van der Waals surface area (Å²) < 4.78 is 5.31. The summed E-state index contributed by atoms with van der Waals surface area (Å²) in [7, 11) is 0. The molecule has 0 spiro atoms. The van der Waals surface area contributed by atoms with Gasteiger partial charge in [-0.3, -0.25) is 9.59 Å². The van der Waals surface area contributed by atoms with Crippen LogP contribution in [0.1, 0.15) is 27.2 Å². The van der Waals surface area contributed by atoms with Gasteiger partial charge in [0.05, 0.1) is 6.42 Å². The summed E-state index contributed by atoms with van der Waals surface area (Å²) in [6, 6.07) is 19.7. The summed E-state index contributed by atoms with van der Waals surface area (Å²) in [5, 5.41) is 1.99. The Bertz CT molecular complexity index is 806. The highest BCUT2D eigenvalue weighted by Gasteiger charge is 2.10.